The SMILES string of the molecule is COc1c(C(C)C)cc(Cl)c(C)c1CCN. The third kappa shape index (κ3) is 2.50. The van der Waals surface area contributed by atoms with Crippen molar-refractivity contribution in [3.05, 3.63) is 27.8 Å². The van der Waals surface area contributed by atoms with Crippen molar-refractivity contribution < 1.29 is 4.74 Å². The molecule has 0 saturated heterocycles. The van der Waals surface area contributed by atoms with Crippen molar-refractivity contribution in [3.8, 4) is 5.75 Å². The number of hydrogen-bond acceptors (Lipinski definition) is 2. The van der Waals surface area contributed by atoms with Crippen molar-refractivity contribution >= 4 is 11.6 Å². The normalized spacial score (nSPS) is 10.9. The van der Waals surface area contributed by atoms with E-state index in [2.05, 4.69) is 13.8 Å². The second-order valence-corrected chi connectivity index (χ2v) is 4.68. The Morgan fingerprint density at radius 3 is 2.50 bits per heavy atom. The average Bonchev–Trinajstić information content (AvgIpc) is 2.24. The standard InChI is InChI=1S/C13H20ClNO/c1-8(2)11-7-12(14)9(3)10(5-6-15)13(11)16-4/h7-8H,5-6,15H2,1-4H3. The molecule has 0 heterocycles. The number of rotatable bonds is 4. The van der Waals surface area contributed by atoms with Crippen molar-refractivity contribution in [1.82, 2.24) is 0 Å². The minimum atomic E-state index is 0.393. The molecule has 2 nitrogen and oxygen atoms in total. The fraction of sp³-hybridized carbons (Fsp3) is 0.538. The van der Waals surface area contributed by atoms with Crippen molar-refractivity contribution in [2.45, 2.75) is 33.1 Å². The summed E-state index contributed by atoms with van der Waals surface area (Å²) in [7, 11) is 1.70. The van der Waals surface area contributed by atoms with Gasteiger partial charge in [0.2, 0.25) is 0 Å². The maximum Gasteiger partial charge on any atom is 0.125 e. The highest BCUT2D eigenvalue weighted by atomic mass is 35.5. The monoisotopic (exact) mass is 241 g/mol. The number of ether oxygens (including phenoxy) is 1. The molecule has 0 amide bonds. The van der Waals surface area contributed by atoms with Crippen LogP contribution >= 0.6 is 11.6 Å². The largest absolute Gasteiger partial charge is 0.496 e. The Labute approximate surface area is 103 Å². The van der Waals surface area contributed by atoms with E-state index in [0.717, 1.165) is 33.9 Å². The summed E-state index contributed by atoms with van der Waals surface area (Å²) in [5.41, 5.74) is 9.00. The molecule has 0 aromatic heterocycles. The Morgan fingerprint density at radius 1 is 1.44 bits per heavy atom. The molecule has 90 valence electrons. The van der Waals surface area contributed by atoms with Crippen LogP contribution in [0.1, 0.15) is 36.5 Å². The smallest absolute Gasteiger partial charge is 0.125 e. The molecule has 3 heteroatoms. The molecule has 1 aromatic carbocycles. The molecule has 1 rings (SSSR count). The molecule has 0 radical (unpaired) electrons. The molecule has 1 aromatic rings. The van der Waals surface area contributed by atoms with Crippen LogP contribution in [0.4, 0.5) is 0 Å². The lowest BCUT2D eigenvalue weighted by Gasteiger charge is -2.19. The van der Waals surface area contributed by atoms with E-state index in [1.54, 1.807) is 7.11 Å². The zero-order valence-electron chi connectivity index (χ0n) is 10.4. The predicted molar refractivity (Wildman–Crippen MR) is 69.6 cm³/mol. The van der Waals surface area contributed by atoms with E-state index in [-0.39, 0.29) is 0 Å². The maximum atomic E-state index is 6.23. The van der Waals surface area contributed by atoms with E-state index in [1.165, 1.54) is 0 Å². The van der Waals surface area contributed by atoms with Gasteiger partial charge in [0.05, 0.1) is 7.11 Å². The van der Waals surface area contributed by atoms with Gasteiger partial charge in [-0.25, -0.2) is 0 Å². The van der Waals surface area contributed by atoms with Gasteiger partial charge in [0, 0.05) is 10.6 Å². The van der Waals surface area contributed by atoms with Gasteiger partial charge in [-0.3, -0.25) is 0 Å². The lowest BCUT2D eigenvalue weighted by atomic mass is 9.94. The van der Waals surface area contributed by atoms with Crippen LogP contribution in [-0.2, 0) is 6.42 Å². The van der Waals surface area contributed by atoms with Crippen LogP contribution in [0, 0.1) is 6.92 Å². The summed E-state index contributed by atoms with van der Waals surface area (Å²) in [4.78, 5) is 0. The van der Waals surface area contributed by atoms with E-state index >= 15 is 0 Å². The van der Waals surface area contributed by atoms with Crippen LogP contribution in [0.2, 0.25) is 5.02 Å². The molecule has 0 spiro atoms. The van der Waals surface area contributed by atoms with Gasteiger partial charge in [0.1, 0.15) is 5.75 Å². The number of methoxy groups -OCH3 is 1. The molecular weight excluding hydrogens is 222 g/mol. The summed E-state index contributed by atoms with van der Waals surface area (Å²) in [6, 6.07) is 2.00. The molecule has 0 fully saturated rings. The van der Waals surface area contributed by atoms with Gasteiger partial charge in [0.25, 0.3) is 0 Å². The van der Waals surface area contributed by atoms with E-state index in [0.29, 0.717) is 12.5 Å². The maximum absolute atomic E-state index is 6.23. The topological polar surface area (TPSA) is 35.2 Å². The fourth-order valence-electron chi connectivity index (χ4n) is 1.91. The highest BCUT2D eigenvalue weighted by molar-refractivity contribution is 6.31. The quantitative estimate of drug-likeness (QED) is 0.878. The number of hydrogen-bond donors (Lipinski definition) is 1. The first-order chi connectivity index (χ1) is 7.52. The lowest BCUT2D eigenvalue weighted by molar-refractivity contribution is 0.402. The Morgan fingerprint density at radius 2 is 2.06 bits per heavy atom. The summed E-state index contributed by atoms with van der Waals surface area (Å²) in [5, 5.41) is 0.799. The summed E-state index contributed by atoms with van der Waals surface area (Å²) in [6.45, 7) is 6.89. The Balaban J connectivity index is 3.42. The van der Waals surface area contributed by atoms with Crippen molar-refractivity contribution in [3.63, 3.8) is 0 Å². The molecule has 0 atom stereocenters. The molecule has 0 saturated carbocycles. The highest BCUT2D eigenvalue weighted by Gasteiger charge is 2.16. The second-order valence-electron chi connectivity index (χ2n) is 4.28. The van der Waals surface area contributed by atoms with Gasteiger partial charge in [-0.05, 0) is 43.0 Å². The first-order valence-corrected chi connectivity index (χ1v) is 5.96. The minimum absolute atomic E-state index is 0.393. The molecule has 16 heavy (non-hydrogen) atoms. The van der Waals surface area contributed by atoms with Crippen molar-refractivity contribution in [1.29, 1.82) is 0 Å². The zero-order chi connectivity index (χ0) is 12.3. The van der Waals surface area contributed by atoms with Crippen molar-refractivity contribution in [2.75, 3.05) is 13.7 Å². The molecule has 0 unspecified atom stereocenters. The van der Waals surface area contributed by atoms with Gasteiger partial charge >= 0.3 is 0 Å². The Kier molecular flexibility index (Phi) is 4.63. The third-order valence-electron chi connectivity index (χ3n) is 2.85. The van der Waals surface area contributed by atoms with E-state index < -0.39 is 0 Å². The van der Waals surface area contributed by atoms with Gasteiger partial charge < -0.3 is 10.5 Å². The zero-order valence-corrected chi connectivity index (χ0v) is 11.2. The van der Waals surface area contributed by atoms with Gasteiger partial charge in [-0.15, -0.1) is 0 Å². The highest BCUT2D eigenvalue weighted by Crippen LogP contribution is 2.36. The lowest BCUT2D eigenvalue weighted by Crippen LogP contribution is -2.08. The van der Waals surface area contributed by atoms with Crippen molar-refractivity contribution in [2.24, 2.45) is 5.73 Å². The first-order valence-electron chi connectivity index (χ1n) is 5.58. The molecule has 0 bridgehead atoms. The molecule has 2 N–H and O–H groups in total. The Hall–Kier alpha value is -0.730. The molecular formula is C13H20ClNO. The van der Waals surface area contributed by atoms with Gasteiger partial charge in [-0.1, -0.05) is 25.4 Å². The fourth-order valence-corrected chi connectivity index (χ4v) is 2.15. The van der Waals surface area contributed by atoms with Crippen LogP contribution in [0.5, 0.6) is 5.75 Å². The van der Waals surface area contributed by atoms with Gasteiger partial charge in [-0.2, -0.15) is 0 Å². The van der Waals surface area contributed by atoms with E-state index in [4.69, 9.17) is 22.1 Å². The van der Waals surface area contributed by atoms with E-state index in [1.807, 2.05) is 13.0 Å². The number of benzene rings is 1. The van der Waals surface area contributed by atoms with Crippen LogP contribution in [0.15, 0.2) is 6.07 Å². The number of nitrogens with two attached hydrogens (primary N) is 1. The van der Waals surface area contributed by atoms with Crippen LogP contribution in [0.3, 0.4) is 0 Å². The minimum Gasteiger partial charge on any atom is -0.496 e. The average molecular weight is 242 g/mol. The Bertz CT molecular complexity index is 375. The summed E-state index contributed by atoms with van der Waals surface area (Å²) in [6.07, 6.45) is 0.801. The van der Waals surface area contributed by atoms with Gasteiger partial charge in [0.15, 0.2) is 0 Å². The molecule has 0 aliphatic rings. The molecule has 0 aliphatic heterocycles. The van der Waals surface area contributed by atoms with Crippen LogP contribution in [0.25, 0.3) is 0 Å². The summed E-state index contributed by atoms with van der Waals surface area (Å²) in [5.74, 6) is 1.34. The predicted octanol–water partition coefficient (Wildman–Crippen LogP) is 3.28. The summed E-state index contributed by atoms with van der Waals surface area (Å²) < 4.78 is 5.51. The molecule has 0 aliphatic carbocycles. The number of halogens is 1. The van der Waals surface area contributed by atoms with E-state index in [9.17, 15) is 0 Å². The van der Waals surface area contributed by atoms with Crippen LogP contribution in [-0.4, -0.2) is 13.7 Å². The summed E-state index contributed by atoms with van der Waals surface area (Å²) >= 11 is 6.23. The first kappa shape index (κ1) is 13.3. The van der Waals surface area contributed by atoms with Crippen LogP contribution < -0.4 is 10.5 Å². The third-order valence-corrected chi connectivity index (χ3v) is 3.24. The second kappa shape index (κ2) is 5.55.